The molecule has 1 atom stereocenters. The largest absolute Gasteiger partial charge is 0.299 e. The summed E-state index contributed by atoms with van der Waals surface area (Å²) >= 11 is 0. The average Bonchev–Trinajstić information content (AvgIpc) is 2.75. The van der Waals surface area contributed by atoms with Crippen LogP contribution in [0.2, 0.25) is 0 Å². The Labute approximate surface area is 157 Å². The summed E-state index contributed by atoms with van der Waals surface area (Å²) in [7, 11) is 0. The minimum absolute atomic E-state index is 0.313. The van der Waals surface area contributed by atoms with Crippen molar-refractivity contribution in [1.82, 2.24) is 4.98 Å². The van der Waals surface area contributed by atoms with Crippen LogP contribution >= 0.6 is 0 Å². The van der Waals surface area contributed by atoms with E-state index in [1.807, 2.05) is 84.9 Å². The van der Waals surface area contributed by atoms with Gasteiger partial charge in [0.1, 0.15) is 5.69 Å². The minimum Gasteiger partial charge on any atom is -0.299 e. The van der Waals surface area contributed by atoms with Crippen molar-refractivity contribution in [2.75, 3.05) is 5.01 Å². The summed E-state index contributed by atoms with van der Waals surface area (Å²) in [5.74, 6) is 6.54. The lowest BCUT2D eigenvalue weighted by Gasteiger charge is -2.30. The normalized spacial score (nSPS) is 11.9. The lowest BCUT2D eigenvalue weighted by atomic mass is 9.94. The molecule has 0 spiro atoms. The number of anilines is 1. The molecule has 2 N–H and O–H groups in total. The zero-order valence-corrected chi connectivity index (χ0v) is 14.6. The molecule has 3 aromatic carbocycles. The number of hydrogen-bond donors (Lipinski definition) is 1. The van der Waals surface area contributed by atoms with E-state index in [9.17, 15) is 4.91 Å². The van der Waals surface area contributed by atoms with Crippen LogP contribution in [0.25, 0.3) is 10.9 Å². The van der Waals surface area contributed by atoms with Gasteiger partial charge in [-0.2, -0.15) is 0 Å². The van der Waals surface area contributed by atoms with Gasteiger partial charge in [-0.3, -0.25) is 9.99 Å². The van der Waals surface area contributed by atoms with E-state index in [-0.39, 0.29) is 6.04 Å². The van der Waals surface area contributed by atoms with Crippen LogP contribution in [0.1, 0.15) is 17.2 Å². The van der Waals surface area contributed by atoms with Gasteiger partial charge in [0.2, 0.25) is 0 Å². The van der Waals surface area contributed by atoms with Gasteiger partial charge in [-0.1, -0.05) is 66.7 Å². The third-order valence-corrected chi connectivity index (χ3v) is 4.61. The number of hydrazine groups is 1. The van der Waals surface area contributed by atoms with E-state index in [1.54, 1.807) is 11.2 Å². The number of nitroso groups, excluding NO2 is 1. The van der Waals surface area contributed by atoms with Crippen molar-refractivity contribution in [3.63, 3.8) is 0 Å². The zero-order chi connectivity index (χ0) is 18.6. The highest BCUT2D eigenvalue weighted by Gasteiger charge is 2.25. The Kier molecular flexibility index (Phi) is 4.60. The third kappa shape index (κ3) is 3.16. The van der Waals surface area contributed by atoms with Gasteiger partial charge in [0.15, 0.2) is 0 Å². The molecular weight excluding hydrogens is 336 g/mol. The first-order chi connectivity index (χ1) is 13.3. The maximum Gasteiger partial charge on any atom is 0.139 e. The van der Waals surface area contributed by atoms with Gasteiger partial charge < -0.3 is 0 Å². The van der Waals surface area contributed by atoms with Gasteiger partial charge in [0.25, 0.3) is 0 Å². The van der Waals surface area contributed by atoms with E-state index in [0.29, 0.717) is 16.8 Å². The van der Waals surface area contributed by atoms with Crippen molar-refractivity contribution in [2.24, 2.45) is 11.0 Å². The van der Waals surface area contributed by atoms with Gasteiger partial charge in [-0.05, 0) is 28.9 Å². The van der Waals surface area contributed by atoms with Crippen LogP contribution < -0.4 is 10.9 Å². The molecule has 0 saturated heterocycles. The predicted molar refractivity (Wildman–Crippen MR) is 109 cm³/mol. The van der Waals surface area contributed by atoms with Crippen molar-refractivity contribution in [2.45, 2.75) is 6.04 Å². The number of rotatable bonds is 5. The van der Waals surface area contributed by atoms with Crippen molar-refractivity contribution in [3.05, 3.63) is 107 Å². The molecule has 0 saturated carbocycles. The molecule has 4 aromatic rings. The highest BCUT2D eigenvalue weighted by atomic mass is 16.3. The summed E-state index contributed by atoms with van der Waals surface area (Å²) < 4.78 is 0. The van der Waals surface area contributed by atoms with Crippen molar-refractivity contribution >= 4 is 22.3 Å². The number of nitrogens with zero attached hydrogens (tertiary/aromatic N) is 3. The lowest BCUT2D eigenvalue weighted by Crippen LogP contribution is -2.36. The van der Waals surface area contributed by atoms with Gasteiger partial charge in [0, 0.05) is 17.1 Å². The van der Waals surface area contributed by atoms with E-state index < -0.39 is 0 Å². The Morgan fingerprint density at radius 2 is 1.56 bits per heavy atom. The van der Waals surface area contributed by atoms with Crippen molar-refractivity contribution < 1.29 is 0 Å². The molecule has 0 radical (unpaired) electrons. The second kappa shape index (κ2) is 7.35. The summed E-state index contributed by atoms with van der Waals surface area (Å²) in [6.07, 6.45) is 1.66. The number of para-hydroxylation sites is 1. The van der Waals surface area contributed by atoms with E-state index in [4.69, 9.17) is 5.84 Å². The van der Waals surface area contributed by atoms with Crippen molar-refractivity contribution in [1.29, 1.82) is 0 Å². The first kappa shape index (κ1) is 16.9. The quantitative estimate of drug-likeness (QED) is 0.307. The Balaban J connectivity index is 1.94. The summed E-state index contributed by atoms with van der Waals surface area (Å²) in [6.45, 7) is 0. The molecule has 5 heteroatoms. The molecule has 1 unspecified atom stereocenters. The van der Waals surface area contributed by atoms with Gasteiger partial charge >= 0.3 is 0 Å². The fraction of sp³-hybridized carbons (Fsp3) is 0.0455. The van der Waals surface area contributed by atoms with Crippen LogP contribution in [-0.4, -0.2) is 4.98 Å². The van der Waals surface area contributed by atoms with Crippen LogP contribution in [-0.2, 0) is 0 Å². The van der Waals surface area contributed by atoms with Crippen LogP contribution in [0.3, 0.4) is 0 Å². The van der Waals surface area contributed by atoms with Crippen LogP contribution in [0.5, 0.6) is 0 Å². The highest BCUT2D eigenvalue weighted by Crippen LogP contribution is 2.39. The molecular formula is C22H18N4O. The summed E-state index contributed by atoms with van der Waals surface area (Å²) in [4.78, 5) is 16.2. The number of fused-ring (bicyclic) bond motifs is 1. The lowest BCUT2D eigenvalue weighted by molar-refractivity contribution is 0.736. The molecule has 132 valence electrons. The molecule has 0 bridgehead atoms. The second-order valence-corrected chi connectivity index (χ2v) is 6.23. The van der Waals surface area contributed by atoms with E-state index in [1.165, 1.54) is 0 Å². The third-order valence-electron chi connectivity index (χ3n) is 4.61. The number of hydrogen-bond acceptors (Lipinski definition) is 5. The van der Waals surface area contributed by atoms with Gasteiger partial charge in [-0.15, -0.1) is 4.91 Å². The number of benzene rings is 3. The first-order valence-electron chi connectivity index (χ1n) is 8.64. The molecule has 0 aliphatic heterocycles. The zero-order valence-electron chi connectivity index (χ0n) is 14.6. The molecule has 5 nitrogen and oxygen atoms in total. The maximum absolute atomic E-state index is 11.8. The Bertz CT molecular complexity index is 1070. The average molecular weight is 354 g/mol. The highest BCUT2D eigenvalue weighted by molar-refractivity contribution is 5.91. The first-order valence-corrected chi connectivity index (χ1v) is 8.64. The fourth-order valence-corrected chi connectivity index (χ4v) is 3.34. The maximum atomic E-state index is 11.8. The van der Waals surface area contributed by atoms with E-state index in [0.717, 1.165) is 16.6 Å². The SMILES string of the molecule is NN(c1ccccc1)C(c1ccccc1)c1ccc2cccnc2c1N=O. The number of pyridine rings is 1. The topological polar surface area (TPSA) is 71.6 Å². The molecule has 0 aliphatic carbocycles. The predicted octanol–water partition coefficient (Wildman–Crippen LogP) is 5.10. The molecule has 1 aromatic heterocycles. The molecule has 0 aliphatic rings. The summed E-state index contributed by atoms with van der Waals surface area (Å²) in [5, 5.41) is 5.85. The minimum atomic E-state index is -0.382. The molecule has 0 fully saturated rings. The van der Waals surface area contributed by atoms with Crippen molar-refractivity contribution in [3.8, 4) is 0 Å². The molecule has 27 heavy (non-hydrogen) atoms. The van der Waals surface area contributed by atoms with Crippen LogP contribution in [0, 0.1) is 4.91 Å². The van der Waals surface area contributed by atoms with Crippen LogP contribution in [0.4, 0.5) is 11.4 Å². The number of nitrogens with two attached hydrogens (primary N) is 1. The van der Waals surface area contributed by atoms with Gasteiger partial charge in [0.05, 0.1) is 17.2 Å². The van der Waals surface area contributed by atoms with E-state index in [2.05, 4.69) is 10.2 Å². The second-order valence-electron chi connectivity index (χ2n) is 6.23. The fourth-order valence-electron chi connectivity index (χ4n) is 3.34. The molecule has 4 rings (SSSR count). The number of aromatic nitrogens is 1. The van der Waals surface area contributed by atoms with E-state index >= 15 is 0 Å². The van der Waals surface area contributed by atoms with Crippen LogP contribution in [0.15, 0.2) is 96.3 Å². The summed E-state index contributed by atoms with van der Waals surface area (Å²) in [5.41, 5.74) is 3.41. The Hall–Kier alpha value is -3.57. The summed E-state index contributed by atoms with van der Waals surface area (Å²) in [6, 6.07) is 26.7. The monoisotopic (exact) mass is 354 g/mol. The standard InChI is InChI=1S/C22H18N4O/c23-26(18-11-5-2-6-12-18)22(17-8-3-1-4-9-17)19-14-13-16-10-7-15-24-20(16)21(19)25-27/h1-15,22H,23H2. The molecule has 1 heterocycles. The Morgan fingerprint density at radius 1 is 0.852 bits per heavy atom. The smallest absolute Gasteiger partial charge is 0.139 e. The van der Waals surface area contributed by atoms with Gasteiger partial charge in [-0.25, -0.2) is 5.84 Å². The molecule has 0 amide bonds. The Morgan fingerprint density at radius 3 is 2.26 bits per heavy atom.